The van der Waals surface area contributed by atoms with Crippen molar-refractivity contribution in [2.75, 3.05) is 33.3 Å². The number of hydrogen-bond acceptors (Lipinski definition) is 4. The van der Waals surface area contributed by atoms with E-state index in [-0.39, 0.29) is 0 Å². The molecule has 1 aliphatic rings. The lowest BCUT2D eigenvalue weighted by atomic mass is 10.1. The number of aromatic nitrogens is 1. The normalized spacial score (nSPS) is 17.8. The lowest BCUT2D eigenvalue weighted by Crippen LogP contribution is -2.46. The molecule has 0 unspecified atom stereocenters. The Kier molecular flexibility index (Phi) is 5.26. The topological polar surface area (TPSA) is 28.6 Å². The number of methoxy groups -OCH3 is 1. The van der Waals surface area contributed by atoms with Gasteiger partial charge in [0.1, 0.15) is 5.75 Å². The Morgan fingerprint density at radius 2 is 1.83 bits per heavy atom. The zero-order valence-electron chi connectivity index (χ0n) is 14.0. The van der Waals surface area contributed by atoms with Crippen LogP contribution in [0.5, 0.6) is 5.75 Å². The fraction of sp³-hybridized carbons (Fsp3) is 0.421. The first-order chi connectivity index (χ1) is 11.3. The highest BCUT2D eigenvalue weighted by Gasteiger charge is 2.22. The Bertz CT molecular complexity index is 609. The predicted molar refractivity (Wildman–Crippen MR) is 92.5 cm³/mol. The van der Waals surface area contributed by atoms with Crippen LogP contribution >= 0.6 is 0 Å². The summed E-state index contributed by atoms with van der Waals surface area (Å²) in [7, 11) is 1.72. The lowest BCUT2D eigenvalue weighted by Gasteiger charge is -2.38. The van der Waals surface area contributed by atoms with Gasteiger partial charge in [0.25, 0.3) is 0 Å². The van der Waals surface area contributed by atoms with Crippen LogP contribution in [0.2, 0.25) is 0 Å². The Hall–Kier alpha value is -1.91. The zero-order valence-corrected chi connectivity index (χ0v) is 14.0. The number of piperazine rings is 1. The highest BCUT2D eigenvalue weighted by Crippen LogP contribution is 2.25. The van der Waals surface area contributed by atoms with Gasteiger partial charge in [0, 0.05) is 51.2 Å². The third kappa shape index (κ3) is 4.09. The summed E-state index contributed by atoms with van der Waals surface area (Å²) in [6.45, 7) is 7.72. The minimum Gasteiger partial charge on any atom is -0.497 e. The van der Waals surface area contributed by atoms with Gasteiger partial charge in [-0.1, -0.05) is 12.1 Å². The summed E-state index contributed by atoms with van der Waals surface area (Å²) >= 11 is 0. The average Bonchev–Trinajstić information content (AvgIpc) is 2.63. The molecule has 0 saturated carbocycles. The van der Waals surface area contributed by atoms with E-state index in [9.17, 15) is 0 Å². The first kappa shape index (κ1) is 16.0. The summed E-state index contributed by atoms with van der Waals surface area (Å²) in [6, 6.07) is 13.0. The van der Waals surface area contributed by atoms with Crippen LogP contribution in [-0.4, -0.2) is 48.1 Å². The molecule has 0 amide bonds. The zero-order chi connectivity index (χ0) is 16.1. The van der Waals surface area contributed by atoms with E-state index < -0.39 is 0 Å². The lowest BCUT2D eigenvalue weighted by molar-refractivity contribution is 0.0977. The number of ether oxygens (including phenoxy) is 1. The molecule has 4 heteroatoms. The van der Waals surface area contributed by atoms with Crippen LogP contribution in [0.3, 0.4) is 0 Å². The van der Waals surface area contributed by atoms with Crippen LogP contribution in [0.4, 0.5) is 0 Å². The summed E-state index contributed by atoms with van der Waals surface area (Å²) in [5.74, 6) is 0.936. The SMILES string of the molecule is COc1cccc([C@@H](C)N2CCN(Cc3ccncc3)CC2)c1. The Balaban J connectivity index is 1.55. The number of rotatable bonds is 5. The van der Waals surface area contributed by atoms with Crippen LogP contribution in [0.1, 0.15) is 24.1 Å². The Morgan fingerprint density at radius 3 is 2.52 bits per heavy atom. The molecular formula is C19H25N3O. The molecule has 1 aromatic carbocycles. The van der Waals surface area contributed by atoms with Crippen molar-refractivity contribution in [2.45, 2.75) is 19.5 Å². The summed E-state index contributed by atoms with van der Waals surface area (Å²) in [4.78, 5) is 9.16. The molecule has 1 atom stereocenters. The van der Waals surface area contributed by atoms with Gasteiger partial charge >= 0.3 is 0 Å². The largest absolute Gasteiger partial charge is 0.497 e. The van der Waals surface area contributed by atoms with Gasteiger partial charge in [0.05, 0.1) is 7.11 Å². The van der Waals surface area contributed by atoms with Crippen molar-refractivity contribution in [3.63, 3.8) is 0 Å². The van der Waals surface area contributed by atoms with Gasteiger partial charge in [-0.3, -0.25) is 14.8 Å². The minimum absolute atomic E-state index is 0.424. The van der Waals surface area contributed by atoms with Crippen molar-refractivity contribution in [2.24, 2.45) is 0 Å². The van der Waals surface area contributed by atoms with Gasteiger partial charge in [-0.25, -0.2) is 0 Å². The van der Waals surface area contributed by atoms with Gasteiger partial charge in [-0.05, 0) is 42.3 Å². The fourth-order valence-corrected chi connectivity index (χ4v) is 3.17. The van der Waals surface area contributed by atoms with Gasteiger partial charge in [-0.15, -0.1) is 0 Å². The molecule has 0 N–H and O–H groups in total. The third-order valence-electron chi connectivity index (χ3n) is 4.69. The number of benzene rings is 1. The summed E-state index contributed by atoms with van der Waals surface area (Å²) < 4.78 is 5.34. The van der Waals surface area contributed by atoms with E-state index in [1.165, 1.54) is 11.1 Å². The fourth-order valence-electron chi connectivity index (χ4n) is 3.17. The minimum atomic E-state index is 0.424. The summed E-state index contributed by atoms with van der Waals surface area (Å²) in [5, 5.41) is 0. The Labute approximate surface area is 138 Å². The molecule has 4 nitrogen and oxygen atoms in total. The predicted octanol–water partition coefficient (Wildman–Crippen LogP) is 2.97. The maximum Gasteiger partial charge on any atom is 0.119 e. The van der Waals surface area contributed by atoms with Gasteiger partial charge in [0.2, 0.25) is 0 Å². The van der Waals surface area contributed by atoms with Crippen LogP contribution in [0.25, 0.3) is 0 Å². The van der Waals surface area contributed by atoms with E-state index in [1.54, 1.807) is 7.11 Å². The van der Waals surface area contributed by atoms with E-state index in [4.69, 9.17) is 4.74 Å². The van der Waals surface area contributed by atoms with Crippen molar-refractivity contribution in [1.82, 2.24) is 14.8 Å². The van der Waals surface area contributed by atoms with Crippen LogP contribution in [0, 0.1) is 0 Å². The Morgan fingerprint density at radius 1 is 1.09 bits per heavy atom. The van der Waals surface area contributed by atoms with Crippen LogP contribution in [-0.2, 0) is 6.54 Å². The van der Waals surface area contributed by atoms with Crippen molar-refractivity contribution in [3.8, 4) is 5.75 Å². The maximum atomic E-state index is 5.34. The van der Waals surface area contributed by atoms with E-state index in [0.29, 0.717) is 6.04 Å². The second kappa shape index (κ2) is 7.57. The van der Waals surface area contributed by atoms with Gasteiger partial charge in [-0.2, -0.15) is 0 Å². The van der Waals surface area contributed by atoms with E-state index in [0.717, 1.165) is 38.5 Å². The maximum absolute atomic E-state index is 5.34. The molecule has 1 aliphatic heterocycles. The summed E-state index contributed by atoms with van der Waals surface area (Å²) in [5.41, 5.74) is 2.67. The van der Waals surface area contributed by atoms with E-state index in [2.05, 4.69) is 52.0 Å². The molecule has 122 valence electrons. The molecule has 0 spiro atoms. The highest BCUT2D eigenvalue weighted by atomic mass is 16.5. The number of hydrogen-bond donors (Lipinski definition) is 0. The molecule has 2 heterocycles. The quantitative estimate of drug-likeness (QED) is 0.849. The second-order valence-corrected chi connectivity index (χ2v) is 6.12. The number of pyridine rings is 1. The second-order valence-electron chi connectivity index (χ2n) is 6.12. The first-order valence-corrected chi connectivity index (χ1v) is 8.25. The van der Waals surface area contributed by atoms with Crippen molar-refractivity contribution in [1.29, 1.82) is 0 Å². The monoisotopic (exact) mass is 311 g/mol. The standard InChI is InChI=1S/C19H25N3O/c1-16(18-4-3-5-19(14-18)23-2)22-12-10-21(11-13-22)15-17-6-8-20-9-7-17/h3-9,14,16H,10-13,15H2,1-2H3/t16-/m1/s1. The van der Waals surface area contributed by atoms with Gasteiger partial charge < -0.3 is 4.74 Å². The van der Waals surface area contributed by atoms with Crippen molar-refractivity contribution < 1.29 is 4.74 Å². The molecule has 1 saturated heterocycles. The first-order valence-electron chi connectivity index (χ1n) is 8.25. The molecule has 0 aliphatic carbocycles. The van der Waals surface area contributed by atoms with E-state index in [1.807, 2.05) is 18.5 Å². The summed E-state index contributed by atoms with van der Waals surface area (Å²) in [6.07, 6.45) is 3.74. The van der Waals surface area contributed by atoms with Gasteiger partial charge in [0.15, 0.2) is 0 Å². The molecule has 1 aromatic heterocycles. The molecule has 1 fully saturated rings. The third-order valence-corrected chi connectivity index (χ3v) is 4.69. The van der Waals surface area contributed by atoms with Crippen LogP contribution < -0.4 is 4.74 Å². The van der Waals surface area contributed by atoms with Crippen molar-refractivity contribution >= 4 is 0 Å². The molecule has 0 bridgehead atoms. The smallest absolute Gasteiger partial charge is 0.119 e. The highest BCUT2D eigenvalue weighted by molar-refractivity contribution is 5.30. The molecule has 0 radical (unpaired) electrons. The van der Waals surface area contributed by atoms with Crippen molar-refractivity contribution in [3.05, 3.63) is 59.9 Å². The van der Waals surface area contributed by atoms with Crippen LogP contribution in [0.15, 0.2) is 48.8 Å². The molecule has 23 heavy (non-hydrogen) atoms. The average molecular weight is 311 g/mol. The van der Waals surface area contributed by atoms with E-state index >= 15 is 0 Å². The molecular weight excluding hydrogens is 286 g/mol. The molecule has 3 rings (SSSR count). The number of nitrogens with zero attached hydrogens (tertiary/aromatic N) is 3. The molecule has 2 aromatic rings.